The van der Waals surface area contributed by atoms with Crippen LogP contribution in [0.2, 0.25) is 0 Å². The van der Waals surface area contributed by atoms with Crippen LogP contribution < -0.4 is 5.73 Å². The van der Waals surface area contributed by atoms with Gasteiger partial charge >= 0.3 is 0 Å². The number of H-pyrrole nitrogens is 1. The molecule has 0 bridgehead atoms. The number of fused-ring (bicyclic) bond motifs is 1. The summed E-state index contributed by atoms with van der Waals surface area (Å²) in [6.07, 6.45) is 5.11. The lowest BCUT2D eigenvalue weighted by molar-refractivity contribution is 0.0887. The summed E-state index contributed by atoms with van der Waals surface area (Å²) in [5, 5.41) is 13.9. The van der Waals surface area contributed by atoms with Crippen molar-refractivity contribution in [3.8, 4) is 6.07 Å². The lowest BCUT2D eigenvalue weighted by Crippen LogP contribution is -2.15. The molecular formula is C16H15N5O. The summed E-state index contributed by atoms with van der Waals surface area (Å²) in [5.41, 5.74) is 8.22. The van der Waals surface area contributed by atoms with Crippen LogP contribution in [-0.4, -0.2) is 20.7 Å². The third kappa shape index (κ3) is 2.44. The maximum Gasteiger partial charge on any atom is 0.248 e. The minimum atomic E-state index is -0.196. The molecule has 0 saturated heterocycles. The van der Waals surface area contributed by atoms with Crippen LogP contribution in [0.4, 0.5) is 5.82 Å². The Morgan fingerprint density at radius 3 is 3.00 bits per heavy atom. The lowest BCUT2D eigenvalue weighted by atomic mass is 10.1. The quantitative estimate of drug-likeness (QED) is 0.771. The lowest BCUT2D eigenvalue weighted by Gasteiger charge is -2.03. The molecule has 3 N–H and O–H groups in total. The number of hydrogen-bond acceptors (Lipinski definition) is 4. The summed E-state index contributed by atoms with van der Waals surface area (Å²) in [4.78, 5) is 15.3. The highest BCUT2D eigenvalue weighted by atomic mass is 16.2. The van der Waals surface area contributed by atoms with Gasteiger partial charge in [-0.3, -0.25) is 4.79 Å². The van der Waals surface area contributed by atoms with Crippen molar-refractivity contribution in [3.05, 3.63) is 47.8 Å². The van der Waals surface area contributed by atoms with Crippen LogP contribution in [0.1, 0.15) is 28.8 Å². The number of nitrogens with zero attached hydrogens (tertiary/aromatic N) is 3. The summed E-state index contributed by atoms with van der Waals surface area (Å²) in [5.74, 6) is -0.0848. The third-order valence-electron chi connectivity index (χ3n) is 3.67. The Hall–Kier alpha value is -3.07. The fourth-order valence-electron chi connectivity index (χ4n) is 2.52. The smallest absolute Gasteiger partial charge is 0.248 e. The number of nitrogen functional groups attached to an aromatic ring is 1. The number of nitrogens with one attached hydrogen (secondary N) is 1. The SMILES string of the molecule is N#Cc1cnn(C(=O)CCCc2c[nH]c3ccccc23)c1N. The molecule has 6 heteroatoms. The Bertz CT molecular complexity index is 868. The average molecular weight is 293 g/mol. The largest absolute Gasteiger partial charge is 0.382 e. The molecule has 110 valence electrons. The summed E-state index contributed by atoms with van der Waals surface area (Å²) < 4.78 is 1.10. The topological polar surface area (TPSA) is 100 Å². The van der Waals surface area contributed by atoms with E-state index in [1.165, 1.54) is 17.1 Å². The molecule has 22 heavy (non-hydrogen) atoms. The molecule has 0 aliphatic rings. The van der Waals surface area contributed by atoms with Crippen molar-refractivity contribution >= 4 is 22.6 Å². The van der Waals surface area contributed by atoms with Gasteiger partial charge < -0.3 is 10.7 Å². The van der Waals surface area contributed by atoms with Crippen LogP contribution in [-0.2, 0) is 6.42 Å². The zero-order chi connectivity index (χ0) is 15.5. The number of nitrogens with two attached hydrogens (primary N) is 1. The molecule has 3 aromatic rings. The second-order valence-electron chi connectivity index (χ2n) is 5.07. The first-order chi connectivity index (χ1) is 10.7. The molecule has 0 atom stereocenters. The number of aromatic amines is 1. The molecule has 0 aliphatic carbocycles. The van der Waals surface area contributed by atoms with E-state index < -0.39 is 0 Å². The number of hydrogen-bond donors (Lipinski definition) is 2. The van der Waals surface area contributed by atoms with Gasteiger partial charge in [0.25, 0.3) is 0 Å². The van der Waals surface area contributed by atoms with Gasteiger partial charge in [-0.25, -0.2) is 0 Å². The molecule has 0 unspecified atom stereocenters. The van der Waals surface area contributed by atoms with Crippen LogP contribution >= 0.6 is 0 Å². The van der Waals surface area contributed by atoms with Gasteiger partial charge in [-0.15, -0.1) is 0 Å². The molecule has 0 saturated carbocycles. The fourth-order valence-corrected chi connectivity index (χ4v) is 2.52. The van der Waals surface area contributed by atoms with E-state index in [1.54, 1.807) is 0 Å². The van der Waals surface area contributed by atoms with Crippen molar-refractivity contribution in [1.29, 1.82) is 5.26 Å². The molecule has 0 amide bonds. The minimum absolute atomic E-state index is 0.111. The third-order valence-corrected chi connectivity index (χ3v) is 3.67. The van der Waals surface area contributed by atoms with Gasteiger partial charge in [0.15, 0.2) is 0 Å². The van der Waals surface area contributed by atoms with E-state index in [1.807, 2.05) is 30.5 Å². The first kappa shape index (κ1) is 13.9. The molecule has 0 spiro atoms. The van der Waals surface area contributed by atoms with E-state index in [9.17, 15) is 4.79 Å². The number of aromatic nitrogens is 3. The van der Waals surface area contributed by atoms with Crippen molar-refractivity contribution in [2.24, 2.45) is 0 Å². The normalized spacial score (nSPS) is 10.7. The summed E-state index contributed by atoms with van der Waals surface area (Å²) in [6, 6.07) is 9.98. The van der Waals surface area contributed by atoms with Crippen molar-refractivity contribution in [3.63, 3.8) is 0 Å². The van der Waals surface area contributed by atoms with Crippen LogP contribution in [0.25, 0.3) is 10.9 Å². The predicted molar refractivity (Wildman–Crippen MR) is 83.2 cm³/mol. The zero-order valence-corrected chi connectivity index (χ0v) is 11.9. The van der Waals surface area contributed by atoms with Crippen molar-refractivity contribution in [2.75, 3.05) is 5.73 Å². The number of para-hydroxylation sites is 1. The number of benzene rings is 1. The Balaban J connectivity index is 1.64. The number of nitriles is 1. The van der Waals surface area contributed by atoms with E-state index in [0.717, 1.165) is 16.6 Å². The first-order valence-corrected chi connectivity index (χ1v) is 7.02. The highest BCUT2D eigenvalue weighted by Crippen LogP contribution is 2.20. The van der Waals surface area contributed by atoms with E-state index in [-0.39, 0.29) is 17.3 Å². The fraction of sp³-hybridized carbons (Fsp3) is 0.188. The van der Waals surface area contributed by atoms with E-state index >= 15 is 0 Å². The van der Waals surface area contributed by atoms with Crippen molar-refractivity contribution in [1.82, 2.24) is 14.8 Å². The van der Waals surface area contributed by atoms with E-state index in [4.69, 9.17) is 11.0 Å². The number of carbonyl (C=O) groups excluding carboxylic acids is 1. The minimum Gasteiger partial charge on any atom is -0.382 e. The maximum atomic E-state index is 12.1. The zero-order valence-electron chi connectivity index (χ0n) is 11.9. The second kappa shape index (κ2) is 5.74. The molecule has 1 aromatic carbocycles. The number of carbonyl (C=O) groups is 1. The molecule has 3 rings (SSSR count). The highest BCUT2D eigenvalue weighted by molar-refractivity contribution is 5.84. The van der Waals surface area contributed by atoms with Gasteiger partial charge in [-0.2, -0.15) is 15.0 Å². The van der Waals surface area contributed by atoms with Gasteiger partial charge in [0.1, 0.15) is 17.5 Å². The summed E-state index contributed by atoms with van der Waals surface area (Å²) >= 11 is 0. The molecule has 0 radical (unpaired) electrons. The summed E-state index contributed by atoms with van der Waals surface area (Å²) in [7, 11) is 0. The molecule has 0 aliphatic heterocycles. The molecule has 0 fully saturated rings. The Labute approximate surface area is 127 Å². The average Bonchev–Trinajstić information content (AvgIpc) is 3.11. The van der Waals surface area contributed by atoms with Crippen LogP contribution in [0.5, 0.6) is 0 Å². The standard InChI is InChI=1S/C16H15N5O/c17-8-12-10-20-21(16(12)18)15(22)7-3-4-11-9-19-14-6-2-1-5-13(11)14/h1-2,5-6,9-10,19H,3-4,7,18H2. The highest BCUT2D eigenvalue weighted by Gasteiger charge is 2.13. The van der Waals surface area contributed by atoms with Crippen molar-refractivity contribution < 1.29 is 4.79 Å². The molecule has 2 heterocycles. The number of anilines is 1. The second-order valence-corrected chi connectivity index (χ2v) is 5.07. The van der Waals surface area contributed by atoms with Crippen LogP contribution in [0.3, 0.4) is 0 Å². The van der Waals surface area contributed by atoms with Gasteiger partial charge in [-0.05, 0) is 24.5 Å². The maximum absolute atomic E-state index is 12.1. The molecule has 2 aromatic heterocycles. The van der Waals surface area contributed by atoms with Crippen LogP contribution in [0, 0.1) is 11.3 Å². The Morgan fingerprint density at radius 1 is 1.41 bits per heavy atom. The van der Waals surface area contributed by atoms with Gasteiger partial charge in [0, 0.05) is 23.5 Å². The Morgan fingerprint density at radius 2 is 2.23 bits per heavy atom. The van der Waals surface area contributed by atoms with Crippen molar-refractivity contribution in [2.45, 2.75) is 19.3 Å². The molecule has 6 nitrogen and oxygen atoms in total. The Kier molecular flexibility index (Phi) is 3.62. The number of aryl methyl sites for hydroxylation is 1. The van der Waals surface area contributed by atoms with Gasteiger partial charge in [0.2, 0.25) is 5.91 Å². The van der Waals surface area contributed by atoms with Gasteiger partial charge in [0.05, 0.1) is 6.20 Å². The monoisotopic (exact) mass is 293 g/mol. The van der Waals surface area contributed by atoms with Crippen LogP contribution in [0.15, 0.2) is 36.7 Å². The predicted octanol–water partition coefficient (Wildman–Crippen LogP) is 2.48. The van der Waals surface area contributed by atoms with Gasteiger partial charge in [-0.1, -0.05) is 18.2 Å². The number of rotatable bonds is 4. The van der Waals surface area contributed by atoms with E-state index in [2.05, 4.69) is 16.1 Å². The molecular weight excluding hydrogens is 278 g/mol. The van der Waals surface area contributed by atoms with E-state index in [0.29, 0.717) is 12.8 Å². The first-order valence-electron chi connectivity index (χ1n) is 7.02. The summed E-state index contributed by atoms with van der Waals surface area (Å²) in [6.45, 7) is 0.